The molecule has 0 saturated heterocycles. The second-order valence-electron chi connectivity index (χ2n) is 9.39. The number of carbonyl (C=O) groups is 1. The van der Waals surface area contributed by atoms with Crippen molar-refractivity contribution in [2.75, 3.05) is 20.3 Å². The van der Waals surface area contributed by atoms with Crippen molar-refractivity contribution in [3.05, 3.63) is 95.7 Å². The van der Waals surface area contributed by atoms with E-state index in [2.05, 4.69) is 14.7 Å². The van der Waals surface area contributed by atoms with E-state index in [1.165, 1.54) is 16.8 Å². The van der Waals surface area contributed by atoms with Crippen molar-refractivity contribution in [3.63, 3.8) is 0 Å². The summed E-state index contributed by atoms with van der Waals surface area (Å²) in [5.41, 5.74) is 3.01. The molecule has 0 bridgehead atoms. The number of para-hydroxylation sites is 2. The molecule has 2 aliphatic heterocycles. The summed E-state index contributed by atoms with van der Waals surface area (Å²) >= 11 is 1.24. The highest BCUT2D eigenvalue weighted by molar-refractivity contribution is 8.27. The van der Waals surface area contributed by atoms with E-state index in [1.807, 2.05) is 85.9 Å². The van der Waals surface area contributed by atoms with Crippen molar-refractivity contribution in [1.29, 1.82) is 5.41 Å². The molecule has 1 aromatic heterocycles. The first kappa shape index (κ1) is 26.4. The Morgan fingerprint density at radius 1 is 0.976 bits per heavy atom. The maximum Gasteiger partial charge on any atom is 0.283 e. The van der Waals surface area contributed by atoms with E-state index in [1.54, 1.807) is 13.2 Å². The minimum absolute atomic E-state index is 0.0157. The van der Waals surface area contributed by atoms with Crippen LogP contribution in [0.15, 0.2) is 94.7 Å². The average Bonchev–Trinajstić information content (AvgIpc) is 3.56. The maximum absolute atomic E-state index is 13.0. The van der Waals surface area contributed by atoms with Crippen molar-refractivity contribution in [3.8, 4) is 17.2 Å². The molecule has 0 fully saturated rings. The number of benzene rings is 3. The third-order valence-electron chi connectivity index (χ3n) is 6.72. The molecule has 0 spiro atoms. The van der Waals surface area contributed by atoms with E-state index in [9.17, 15) is 4.79 Å². The van der Waals surface area contributed by atoms with E-state index in [0.717, 1.165) is 39.3 Å². The Kier molecular flexibility index (Phi) is 7.30. The molecule has 3 aromatic carbocycles. The van der Waals surface area contributed by atoms with Crippen LogP contribution in [-0.2, 0) is 11.3 Å². The Balaban J connectivity index is 1.20. The molecule has 10 heteroatoms. The van der Waals surface area contributed by atoms with E-state index in [4.69, 9.17) is 19.6 Å². The van der Waals surface area contributed by atoms with Crippen LogP contribution in [0.4, 0.5) is 0 Å². The van der Waals surface area contributed by atoms with Gasteiger partial charge in [0.2, 0.25) is 5.17 Å². The van der Waals surface area contributed by atoms with Crippen LogP contribution in [0.3, 0.4) is 0 Å². The summed E-state index contributed by atoms with van der Waals surface area (Å²) < 4.78 is 19.1. The number of nitrogens with zero attached hydrogens (tertiary/aromatic N) is 4. The van der Waals surface area contributed by atoms with Gasteiger partial charge in [0.05, 0.1) is 19.2 Å². The van der Waals surface area contributed by atoms with Gasteiger partial charge in [-0.05, 0) is 66.7 Å². The molecule has 1 N–H and O–H groups in total. The smallest absolute Gasteiger partial charge is 0.283 e. The van der Waals surface area contributed by atoms with Crippen molar-refractivity contribution in [2.45, 2.75) is 13.5 Å². The second kappa shape index (κ2) is 11.3. The molecule has 9 nitrogen and oxygen atoms in total. The predicted molar refractivity (Wildman–Crippen MR) is 162 cm³/mol. The number of aryl methyl sites for hydroxylation is 1. The molecular formula is C31H27N5O4S. The van der Waals surface area contributed by atoms with Gasteiger partial charge in [0.1, 0.15) is 35.5 Å². The number of hydrazone groups is 1. The number of hydrogen-bond donors (Lipinski definition) is 1. The number of ether oxygens (including phenoxy) is 3. The average molecular weight is 566 g/mol. The first-order chi connectivity index (χ1) is 20.0. The quantitative estimate of drug-likeness (QED) is 0.260. The monoisotopic (exact) mass is 565 g/mol. The van der Waals surface area contributed by atoms with Crippen LogP contribution in [-0.4, -0.2) is 51.9 Å². The summed E-state index contributed by atoms with van der Waals surface area (Å²) in [5, 5.41) is 16.7. The molecule has 6 rings (SSSR count). The number of methoxy groups -OCH3 is 1. The van der Waals surface area contributed by atoms with Crippen LogP contribution in [0, 0.1) is 12.3 Å². The van der Waals surface area contributed by atoms with Crippen LogP contribution < -0.4 is 14.2 Å². The number of fused-ring (bicyclic) bond motifs is 2. The first-order valence-electron chi connectivity index (χ1n) is 13.0. The van der Waals surface area contributed by atoms with Gasteiger partial charge in [0.15, 0.2) is 5.84 Å². The number of thioether (sulfide) groups is 1. The van der Waals surface area contributed by atoms with Gasteiger partial charge in [0.25, 0.3) is 5.91 Å². The standard InChI is InChI=1S/C31H27N5O4S/c1-20-7-3-6-10-27(20)40-19-28-34-36-29(32)25(30(37)33-31(36)41-28)17-21-18-35(26-9-5-4-8-24(21)26)15-16-39-23-13-11-22(38-2)12-14-23/h3-14,17-18,32H,15-16,19H2,1-2H3/b25-17+,32-29?. The molecule has 0 atom stereocenters. The highest BCUT2D eigenvalue weighted by Gasteiger charge is 2.36. The number of amidine groups is 2. The summed E-state index contributed by atoms with van der Waals surface area (Å²) in [4.78, 5) is 17.3. The first-order valence-corrected chi connectivity index (χ1v) is 13.8. The van der Waals surface area contributed by atoms with Crippen LogP contribution in [0.5, 0.6) is 17.2 Å². The van der Waals surface area contributed by atoms with Gasteiger partial charge in [-0.25, -0.2) is 0 Å². The molecule has 2 aliphatic rings. The summed E-state index contributed by atoms with van der Waals surface area (Å²) in [5.74, 6) is 1.81. The Labute approximate surface area is 241 Å². The zero-order valence-corrected chi connectivity index (χ0v) is 23.4. The number of hydrogen-bond acceptors (Lipinski definition) is 7. The van der Waals surface area contributed by atoms with Gasteiger partial charge in [0, 0.05) is 22.7 Å². The third kappa shape index (κ3) is 5.46. The van der Waals surface area contributed by atoms with Gasteiger partial charge >= 0.3 is 0 Å². The number of aliphatic imine (C=N–C) groups is 1. The van der Waals surface area contributed by atoms with Crippen LogP contribution >= 0.6 is 11.8 Å². The van der Waals surface area contributed by atoms with Crippen molar-refractivity contribution in [2.24, 2.45) is 10.1 Å². The topological polar surface area (TPSA) is 102 Å². The fourth-order valence-electron chi connectivity index (χ4n) is 4.61. The highest BCUT2D eigenvalue weighted by Crippen LogP contribution is 2.31. The van der Waals surface area contributed by atoms with E-state index in [0.29, 0.717) is 23.4 Å². The van der Waals surface area contributed by atoms with Crippen molar-refractivity contribution in [1.82, 2.24) is 9.58 Å². The van der Waals surface area contributed by atoms with Crippen molar-refractivity contribution >= 4 is 50.7 Å². The second-order valence-corrected chi connectivity index (χ2v) is 10.4. The van der Waals surface area contributed by atoms with Gasteiger partial charge in [-0.15, -0.1) is 0 Å². The minimum atomic E-state index is -0.468. The van der Waals surface area contributed by atoms with Gasteiger partial charge in [-0.2, -0.15) is 15.1 Å². The van der Waals surface area contributed by atoms with E-state index < -0.39 is 5.91 Å². The van der Waals surface area contributed by atoms with Crippen LogP contribution in [0.25, 0.3) is 17.0 Å². The Bertz CT molecular complexity index is 1740. The summed E-state index contributed by atoms with van der Waals surface area (Å²) in [6.07, 6.45) is 3.69. The predicted octanol–water partition coefficient (Wildman–Crippen LogP) is 5.74. The molecule has 0 aliphatic carbocycles. The molecule has 0 unspecified atom stereocenters. The van der Waals surface area contributed by atoms with Crippen LogP contribution in [0.2, 0.25) is 0 Å². The Hall–Kier alpha value is -4.83. The number of amides is 1. The molecule has 41 heavy (non-hydrogen) atoms. The Morgan fingerprint density at radius 2 is 1.73 bits per heavy atom. The van der Waals surface area contributed by atoms with Gasteiger partial charge < -0.3 is 18.8 Å². The van der Waals surface area contributed by atoms with E-state index >= 15 is 0 Å². The normalized spacial score (nSPS) is 15.7. The molecule has 4 aromatic rings. The molecule has 3 heterocycles. The number of nitrogens with one attached hydrogen (secondary N) is 1. The number of aromatic nitrogens is 1. The molecular weight excluding hydrogens is 538 g/mol. The van der Waals surface area contributed by atoms with Gasteiger partial charge in [-0.3, -0.25) is 10.2 Å². The third-order valence-corrected chi connectivity index (χ3v) is 7.60. The molecule has 1 amide bonds. The van der Waals surface area contributed by atoms with Gasteiger partial charge in [-0.1, -0.05) is 36.4 Å². The zero-order valence-electron chi connectivity index (χ0n) is 22.5. The fraction of sp³-hybridized carbons (Fsp3) is 0.161. The summed E-state index contributed by atoms with van der Waals surface area (Å²) in [7, 11) is 1.63. The summed E-state index contributed by atoms with van der Waals surface area (Å²) in [6.45, 7) is 3.25. The lowest BCUT2D eigenvalue weighted by atomic mass is 10.1. The number of carbonyl (C=O) groups excluding carboxylic acids is 1. The summed E-state index contributed by atoms with van der Waals surface area (Å²) in [6, 6.07) is 23.1. The highest BCUT2D eigenvalue weighted by atomic mass is 32.2. The largest absolute Gasteiger partial charge is 0.497 e. The van der Waals surface area contributed by atoms with Crippen LogP contribution in [0.1, 0.15) is 11.1 Å². The minimum Gasteiger partial charge on any atom is -0.497 e. The Morgan fingerprint density at radius 3 is 2.54 bits per heavy atom. The van der Waals surface area contributed by atoms with E-state index in [-0.39, 0.29) is 18.0 Å². The zero-order chi connectivity index (χ0) is 28.3. The fourth-order valence-corrected chi connectivity index (χ4v) is 5.41. The lowest BCUT2D eigenvalue weighted by Gasteiger charge is -2.20. The number of rotatable bonds is 9. The maximum atomic E-state index is 13.0. The molecule has 0 radical (unpaired) electrons. The molecule has 0 saturated carbocycles. The lowest BCUT2D eigenvalue weighted by molar-refractivity contribution is -0.114. The molecule has 206 valence electrons. The SMILES string of the molecule is COc1ccc(OCCn2cc(/C=C3\C(=N)N4N=C(COc5ccccc5C)SC4=NC3=O)c3ccccc32)cc1. The van der Waals surface area contributed by atoms with Crippen molar-refractivity contribution < 1.29 is 19.0 Å². The lowest BCUT2D eigenvalue weighted by Crippen LogP contribution is -2.35.